The largest absolute Gasteiger partial charge is 0.465 e. The summed E-state index contributed by atoms with van der Waals surface area (Å²) in [6.07, 6.45) is 14.5. The van der Waals surface area contributed by atoms with E-state index in [1.54, 1.807) is 13.8 Å². The molecule has 5 heteroatoms. The molecule has 214 valence electrons. The molecule has 3 N–H and O–H groups in total. The van der Waals surface area contributed by atoms with E-state index >= 15 is 0 Å². The third-order valence-electron chi connectivity index (χ3n) is 9.83. The molecule has 6 atom stereocenters. The van der Waals surface area contributed by atoms with Gasteiger partial charge in [-0.25, -0.2) is 0 Å². The maximum absolute atomic E-state index is 12.6. The van der Waals surface area contributed by atoms with Gasteiger partial charge in [0.2, 0.25) is 0 Å². The standard InChI is InChI=1S/C33H52O5/c1-8-9-19-38-30(37)32(5,6)29(36)16-18-31(3,4)28-15-14-26-23(11-10-17-33(26,28)7)12-13-24-20-25(34)21-27(35)22(24)2/h12-13,16,18,25-29,34-36H,2,8-11,14-15,17,19-21H2,1,3-7H3/t25-,26+,27+,28-,29-,33+/m1/s1. The van der Waals surface area contributed by atoms with Crippen molar-refractivity contribution < 1.29 is 24.9 Å². The fourth-order valence-corrected chi connectivity index (χ4v) is 7.24. The molecule has 0 unspecified atom stereocenters. The lowest BCUT2D eigenvalue weighted by molar-refractivity contribution is -0.158. The summed E-state index contributed by atoms with van der Waals surface area (Å²) in [6.45, 7) is 17.0. The molecular formula is C33H52O5. The molecular weight excluding hydrogens is 476 g/mol. The number of allylic oxidation sites excluding steroid dienone is 4. The maximum Gasteiger partial charge on any atom is 0.314 e. The second-order valence-electron chi connectivity index (χ2n) is 13.4. The highest BCUT2D eigenvalue weighted by Gasteiger charge is 2.53. The van der Waals surface area contributed by atoms with Gasteiger partial charge in [0.1, 0.15) is 0 Å². The Bertz CT molecular complexity index is 954. The summed E-state index contributed by atoms with van der Waals surface area (Å²) >= 11 is 0. The van der Waals surface area contributed by atoms with Gasteiger partial charge in [0.25, 0.3) is 0 Å². The molecule has 0 aromatic rings. The van der Waals surface area contributed by atoms with Crippen molar-refractivity contribution in [2.45, 2.75) is 118 Å². The number of esters is 1. The predicted octanol–water partition coefficient (Wildman–Crippen LogP) is 6.44. The van der Waals surface area contributed by atoms with E-state index < -0.39 is 23.7 Å². The highest BCUT2D eigenvalue weighted by molar-refractivity contribution is 5.77. The van der Waals surface area contributed by atoms with Gasteiger partial charge >= 0.3 is 5.97 Å². The summed E-state index contributed by atoms with van der Waals surface area (Å²) in [6, 6.07) is 0. The highest BCUT2D eigenvalue weighted by Crippen LogP contribution is 2.62. The Balaban J connectivity index is 1.75. The zero-order chi connectivity index (χ0) is 28.3. The van der Waals surface area contributed by atoms with E-state index in [0.29, 0.717) is 31.3 Å². The van der Waals surface area contributed by atoms with Crippen molar-refractivity contribution >= 4 is 5.97 Å². The molecule has 0 bridgehead atoms. The van der Waals surface area contributed by atoms with Gasteiger partial charge < -0.3 is 20.1 Å². The second kappa shape index (κ2) is 12.2. The average Bonchev–Trinajstić information content (AvgIpc) is 3.22. The third-order valence-corrected chi connectivity index (χ3v) is 9.83. The molecule has 5 nitrogen and oxygen atoms in total. The van der Waals surface area contributed by atoms with Crippen molar-refractivity contribution in [1.82, 2.24) is 0 Å². The van der Waals surface area contributed by atoms with Crippen LogP contribution < -0.4 is 0 Å². The molecule has 0 radical (unpaired) electrons. The quantitative estimate of drug-likeness (QED) is 0.182. The topological polar surface area (TPSA) is 87.0 Å². The molecule has 3 aliphatic carbocycles. The molecule has 3 fully saturated rings. The van der Waals surface area contributed by atoms with E-state index in [-0.39, 0.29) is 16.8 Å². The van der Waals surface area contributed by atoms with Crippen LogP contribution in [0.2, 0.25) is 0 Å². The van der Waals surface area contributed by atoms with Crippen LogP contribution in [0, 0.1) is 28.1 Å². The Morgan fingerprint density at radius 2 is 1.92 bits per heavy atom. The minimum absolute atomic E-state index is 0.139. The Kier molecular flexibility index (Phi) is 9.92. The molecule has 0 amide bonds. The maximum atomic E-state index is 12.6. The van der Waals surface area contributed by atoms with Crippen LogP contribution >= 0.6 is 0 Å². The van der Waals surface area contributed by atoms with Crippen LogP contribution in [0.5, 0.6) is 0 Å². The van der Waals surface area contributed by atoms with E-state index in [9.17, 15) is 20.1 Å². The average molecular weight is 529 g/mol. The van der Waals surface area contributed by atoms with E-state index in [4.69, 9.17) is 4.74 Å². The van der Waals surface area contributed by atoms with Crippen molar-refractivity contribution in [2.75, 3.05) is 6.61 Å². The summed E-state index contributed by atoms with van der Waals surface area (Å²) in [5.74, 6) is 0.589. The number of aliphatic hydroxyl groups is 3. The first kappa shape index (κ1) is 30.8. The Morgan fingerprint density at radius 1 is 1.21 bits per heavy atom. The van der Waals surface area contributed by atoms with Crippen LogP contribution in [0.25, 0.3) is 0 Å². The van der Waals surface area contributed by atoms with Gasteiger partial charge in [0.15, 0.2) is 0 Å². The van der Waals surface area contributed by atoms with Crippen LogP contribution in [0.15, 0.2) is 47.6 Å². The van der Waals surface area contributed by atoms with Crippen molar-refractivity contribution in [3.63, 3.8) is 0 Å². The summed E-state index contributed by atoms with van der Waals surface area (Å²) in [5.41, 5.74) is 2.17. The highest BCUT2D eigenvalue weighted by atomic mass is 16.5. The van der Waals surface area contributed by atoms with Gasteiger partial charge in [-0.3, -0.25) is 4.79 Å². The van der Waals surface area contributed by atoms with Gasteiger partial charge in [-0.1, -0.05) is 70.6 Å². The summed E-state index contributed by atoms with van der Waals surface area (Å²) in [4.78, 5) is 12.6. The monoisotopic (exact) mass is 528 g/mol. The van der Waals surface area contributed by atoms with E-state index in [0.717, 1.165) is 49.7 Å². The van der Waals surface area contributed by atoms with Crippen molar-refractivity contribution in [3.8, 4) is 0 Å². The van der Waals surface area contributed by atoms with Crippen molar-refractivity contribution in [3.05, 3.63) is 47.6 Å². The molecule has 3 aliphatic rings. The van der Waals surface area contributed by atoms with E-state index in [2.05, 4.69) is 52.5 Å². The fourth-order valence-electron chi connectivity index (χ4n) is 7.24. The first-order chi connectivity index (χ1) is 17.7. The second-order valence-corrected chi connectivity index (χ2v) is 13.4. The summed E-state index contributed by atoms with van der Waals surface area (Å²) in [7, 11) is 0. The van der Waals surface area contributed by atoms with Gasteiger partial charge in [-0.15, -0.1) is 0 Å². The molecule has 0 aromatic heterocycles. The van der Waals surface area contributed by atoms with E-state index in [1.807, 2.05) is 6.08 Å². The molecule has 3 rings (SSSR count). The Hall–Kier alpha value is -1.69. The molecule has 3 saturated carbocycles. The van der Waals surface area contributed by atoms with Crippen LogP contribution in [0.1, 0.15) is 99.3 Å². The zero-order valence-corrected chi connectivity index (χ0v) is 24.6. The molecule has 0 aliphatic heterocycles. The lowest BCUT2D eigenvalue weighted by Gasteiger charge is -2.47. The van der Waals surface area contributed by atoms with Crippen molar-refractivity contribution in [2.24, 2.45) is 28.1 Å². The minimum Gasteiger partial charge on any atom is -0.465 e. The van der Waals surface area contributed by atoms with Gasteiger partial charge in [0, 0.05) is 6.42 Å². The third kappa shape index (κ3) is 6.54. The zero-order valence-electron chi connectivity index (χ0n) is 24.6. The van der Waals surface area contributed by atoms with Crippen LogP contribution in [0.3, 0.4) is 0 Å². The smallest absolute Gasteiger partial charge is 0.314 e. The van der Waals surface area contributed by atoms with Gasteiger partial charge in [-0.2, -0.15) is 0 Å². The number of rotatable bonds is 9. The number of fused-ring (bicyclic) bond motifs is 1. The Morgan fingerprint density at radius 3 is 2.61 bits per heavy atom. The minimum atomic E-state index is -0.999. The normalized spacial score (nSPS) is 33.7. The van der Waals surface area contributed by atoms with Crippen LogP contribution in [-0.4, -0.2) is 46.2 Å². The molecule has 0 saturated heterocycles. The Labute approximate surface area is 230 Å². The predicted molar refractivity (Wildman–Crippen MR) is 153 cm³/mol. The van der Waals surface area contributed by atoms with Crippen LogP contribution in [-0.2, 0) is 9.53 Å². The SMILES string of the molecule is C=C1C(=CC=C2CCC[C@]3(C)[C@@H](C(C)(C)C=C[C@@H](O)C(C)(C)C(=O)OCCCC)CC[C@@H]23)C[C@@H](O)C[C@@H]1O. The lowest BCUT2D eigenvalue weighted by Crippen LogP contribution is -2.40. The van der Waals surface area contributed by atoms with Crippen molar-refractivity contribution in [1.29, 1.82) is 0 Å². The first-order valence-electron chi connectivity index (χ1n) is 14.7. The first-order valence-corrected chi connectivity index (χ1v) is 14.7. The lowest BCUT2D eigenvalue weighted by atomic mass is 9.57. The van der Waals surface area contributed by atoms with E-state index in [1.165, 1.54) is 12.0 Å². The number of carbonyl (C=O) groups is 1. The molecule has 0 heterocycles. The van der Waals surface area contributed by atoms with Crippen LogP contribution in [0.4, 0.5) is 0 Å². The van der Waals surface area contributed by atoms with Gasteiger partial charge in [0.05, 0.1) is 30.3 Å². The number of aliphatic hydroxyl groups excluding tert-OH is 3. The number of hydrogen-bond donors (Lipinski definition) is 3. The summed E-state index contributed by atoms with van der Waals surface area (Å²) < 4.78 is 5.41. The number of unbranched alkanes of at least 4 members (excludes halogenated alkanes) is 1. The van der Waals surface area contributed by atoms with Gasteiger partial charge in [-0.05, 0) is 92.6 Å². The summed E-state index contributed by atoms with van der Waals surface area (Å²) in [5, 5.41) is 31.3. The number of ether oxygens (including phenoxy) is 1. The number of carbonyl (C=O) groups excluding carboxylic acids is 1. The molecule has 38 heavy (non-hydrogen) atoms. The number of hydrogen-bond acceptors (Lipinski definition) is 5. The molecule has 0 aromatic carbocycles. The molecule has 0 spiro atoms. The fraction of sp³-hybridized carbons (Fsp3) is 0.727.